The largest absolute Gasteiger partial charge is 0.307 e. The van der Waals surface area contributed by atoms with Crippen molar-refractivity contribution < 1.29 is 18.9 Å². The van der Waals surface area contributed by atoms with Crippen LogP contribution in [-0.4, -0.2) is 23.2 Å². The van der Waals surface area contributed by atoms with Crippen molar-refractivity contribution in [3.05, 3.63) is 80.5 Å². The number of ketones is 1. The lowest BCUT2D eigenvalue weighted by atomic mass is 9.85. The fourth-order valence-electron chi connectivity index (χ4n) is 4.90. The smallest absolute Gasteiger partial charge is 0.269 e. The topological polar surface area (TPSA) is 80.5 Å². The van der Waals surface area contributed by atoms with Gasteiger partial charge in [-0.25, -0.2) is 4.39 Å². The second-order valence-corrected chi connectivity index (χ2v) is 9.89. The zero-order chi connectivity index (χ0) is 23.8. The van der Waals surface area contributed by atoms with Crippen LogP contribution < -0.4 is 4.90 Å². The number of fused-ring (bicyclic) bond motifs is 3. The molecule has 1 aliphatic heterocycles. The molecule has 6 nitrogen and oxygen atoms in total. The maximum absolute atomic E-state index is 14.3. The molecule has 34 heavy (non-hydrogen) atoms. The van der Waals surface area contributed by atoms with Crippen LogP contribution in [0.4, 0.5) is 15.8 Å². The lowest BCUT2D eigenvalue weighted by molar-refractivity contribution is -0.384. The molecule has 174 valence electrons. The molecule has 0 spiro atoms. The second-order valence-electron chi connectivity index (χ2n) is 8.84. The highest BCUT2D eigenvalue weighted by Gasteiger charge is 2.30. The monoisotopic (exact) mass is 478 g/mol. The van der Waals surface area contributed by atoms with E-state index in [1.807, 2.05) is 6.07 Å². The van der Waals surface area contributed by atoms with Crippen molar-refractivity contribution in [2.24, 2.45) is 5.92 Å². The van der Waals surface area contributed by atoms with E-state index in [-0.39, 0.29) is 23.3 Å². The van der Waals surface area contributed by atoms with Crippen molar-refractivity contribution in [3.8, 4) is 10.4 Å². The summed E-state index contributed by atoms with van der Waals surface area (Å²) in [6.07, 6.45) is 5.75. The van der Waals surface area contributed by atoms with E-state index in [4.69, 9.17) is 0 Å². The maximum Gasteiger partial charge on any atom is 0.269 e. The van der Waals surface area contributed by atoms with Crippen molar-refractivity contribution >= 4 is 34.4 Å². The Balaban J connectivity index is 1.50. The van der Waals surface area contributed by atoms with E-state index in [1.54, 1.807) is 6.07 Å². The van der Waals surface area contributed by atoms with Crippen molar-refractivity contribution in [1.82, 2.24) is 0 Å². The molecular formula is C26H23FN2O4S. The molecule has 0 saturated heterocycles. The van der Waals surface area contributed by atoms with Gasteiger partial charge in [0.2, 0.25) is 0 Å². The van der Waals surface area contributed by atoms with Gasteiger partial charge in [-0.1, -0.05) is 19.3 Å². The Morgan fingerprint density at radius 3 is 2.47 bits per heavy atom. The minimum absolute atomic E-state index is 0.0731. The van der Waals surface area contributed by atoms with Gasteiger partial charge < -0.3 is 4.90 Å². The first-order chi connectivity index (χ1) is 16.4. The second kappa shape index (κ2) is 9.10. The number of nitro benzene ring substituents is 1. The van der Waals surface area contributed by atoms with E-state index < -0.39 is 10.7 Å². The Morgan fingerprint density at radius 1 is 1.03 bits per heavy atom. The molecule has 1 fully saturated rings. The standard InChI is InChI=1S/C26H23FN2O4S/c27-19-8-11-21-22(15-19)28(26(31)17-6-9-20(10-7-17)29(32)33)13-12-18-14-23(34-25(18)21)24(30)16-4-2-1-3-5-16/h6-11,14-16H,1-5,12-13H2. The molecule has 8 heteroatoms. The fraction of sp³-hybridized carbons (Fsp3) is 0.308. The van der Waals surface area contributed by atoms with Gasteiger partial charge in [0, 0.05) is 40.6 Å². The van der Waals surface area contributed by atoms with Crippen LogP contribution in [0.15, 0.2) is 48.5 Å². The minimum Gasteiger partial charge on any atom is -0.307 e. The average molecular weight is 479 g/mol. The number of halogens is 1. The van der Waals surface area contributed by atoms with Crippen molar-refractivity contribution in [1.29, 1.82) is 0 Å². The third-order valence-corrected chi connectivity index (χ3v) is 7.92. The summed E-state index contributed by atoms with van der Waals surface area (Å²) in [5, 5.41) is 10.9. The summed E-state index contributed by atoms with van der Waals surface area (Å²) >= 11 is 1.43. The third kappa shape index (κ3) is 4.14. The zero-order valence-corrected chi connectivity index (χ0v) is 19.3. The molecule has 1 aliphatic carbocycles. The van der Waals surface area contributed by atoms with Crippen LogP contribution >= 0.6 is 11.3 Å². The Labute approximate surface area is 200 Å². The highest BCUT2D eigenvalue weighted by Crippen LogP contribution is 2.43. The number of nitrogens with zero attached hydrogens (tertiary/aromatic N) is 2. The van der Waals surface area contributed by atoms with E-state index in [0.717, 1.165) is 46.6 Å². The summed E-state index contributed by atoms with van der Waals surface area (Å²) in [4.78, 5) is 40.1. The number of nitro groups is 1. The molecule has 0 atom stereocenters. The third-order valence-electron chi connectivity index (χ3n) is 6.70. The summed E-state index contributed by atoms with van der Waals surface area (Å²) in [5.74, 6) is -0.543. The normalized spacial score (nSPS) is 15.9. The SMILES string of the molecule is O=C(c1cc2c(s1)-c1ccc(F)cc1N(C(=O)c1ccc([N+](=O)[O-])cc1)CC2)C1CCCCC1. The Morgan fingerprint density at radius 2 is 1.76 bits per heavy atom. The molecule has 1 aromatic heterocycles. The van der Waals surface area contributed by atoms with Gasteiger partial charge in [0.15, 0.2) is 5.78 Å². The predicted molar refractivity (Wildman–Crippen MR) is 129 cm³/mol. The number of Topliss-reactive ketones (excluding diaryl/α,β-unsaturated/α-hetero) is 1. The number of thiophene rings is 1. The summed E-state index contributed by atoms with van der Waals surface area (Å²) in [5.41, 5.74) is 2.34. The molecule has 3 aromatic rings. The number of hydrogen-bond acceptors (Lipinski definition) is 5. The quantitative estimate of drug-likeness (QED) is 0.246. The molecule has 0 bridgehead atoms. The number of carbonyl (C=O) groups excluding carboxylic acids is 2. The van der Waals surface area contributed by atoms with Crippen LogP contribution in [0.1, 0.15) is 57.7 Å². The van der Waals surface area contributed by atoms with Crippen LogP contribution in [0.5, 0.6) is 0 Å². The number of anilines is 1. The van der Waals surface area contributed by atoms with Gasteiger partial charge in [0.25, 0.3) is 11.6 Å². The molecule has 1 amide bonds. The van der Waals surface area contributed by atoms with Crippen LogP contribution in [0.3, 0.4) is 0 Å². The van der Waals surface area contributed by atoms with E-state index >= 15 is 0 Å². The van der Waals surface area contributed by atoms with Crippen LogP contribution in [-0.2, 0) is 6.42 Å². The maximum atomic E-state index is 14.3. The summed E-state index contributed by atoms with van der Waals surface area (Å²) < 4.78 is 14.3. The number of non-ortho nitro benzene ring substituents is 1. The fourth-order valence-corrected chi connectivity index (χ4v) is 6.16. The lowest BCUT2D eigenvalue weighted by Crippen LogP contribution is -2.32. The number of rotatable bonds is 4. The predicted octanol–water partition coefficient (Wildman–Crippen LogP) is 6.43. The van der Waals surface area contributed by atoms with Crippen molar-refractivity contribution in [2.45, 2.75) is 38.5 Å². The number of carbonyl (C=O) groups is 2. The summed E-state index contributed by atoms with van der Waals surface area (Å²) in [6.45, 7) is 0.313. The number of hydrogen-bond donors (Lipinski definition) is 0. The van der Waals surface area contributed by atoms with E-state index in [2.05, 4.69) is 0 Å². The molecule has 2 aromatic carbocycles. The van der Waals surface area contributed by atoms with E-state index in [1.165, 1.54) is 59.1 Å². The minimum atomic E-state index is -0.519. The Hall–Kier alpha value is -3.39. The molecule has 0 radical (unpaired) electrons. The van der Waals surface area contributed by atoms with Gasteiger partial charge >= 0.3 is 0 Å². The highest BCUT2D eigenvalue weighted by molar-refractivity contribution is 7.17. The Bertz CT molecular complexity index is 1280. The molecule has 1 saturated carbocycles. The van der Waals surface area contributed by atoms with Gasteiger partial charge in [-0.3, -0.25) is 19.7 Å². The zero-order valence-electron chi connectivity index (χ0n) is 18.5. The number of benzene rings is 2. The summed E-state index contributed by atoms with van der Waals surface area (Å²) in [6, 6.07) is 11.7. The molecule has 2 aliphatic rings. The number of amides is 1. The molecule has 0 N–H and O–H groups in total. The van der Waals surface area contributed by atoms with E-state index in [9.17, 15) is 24.1 Å². The van der Waals surface area contributed by atoms with Crippen LogP contribution in [0, 0.1) is 21.8 Å². The average Bonchev–Trinajstić information content (AvgIpc) is 3.22. The molecule has 5 rings (SSSR count). The summed E-state index contributed by atoms with van der Waals surface area (Å²) in [7, 11) is 0. The van der Waals surface area contributed by atoms with Gasteiger partial charge in [-0.2, -0.15) is 0 Å². The van der Waals surface area contributed by atoms with Gasteiger partial charge in [-0.15, -0.1) is 11.3 Å². The lowest BCUT2D eigenvalue weighted by Gasteiger charge is -2.23. The molecular weight excluding hydrogens is 455 g/mol. The van der Waals surface area contributed by atoms with E-state index in [0.29, 0.717) is 24.2 Å². The first-order valence-electron chi connectivity index (χ1n) is 11.5. The Kier molecular flexibility index (Phi) is 6.00. The molecule has 2 heterocycles. The van der Waals surface area contributed by atoms with Gasteiger partial charge in [0.05, 0.1) is 15.5 Å². The highest BCUT2D eigenvalue weighted by atomic mass is 32.1. The van der Waals surface area contributed by atoms with Crippen LogP contribution in [0.25, 0.3) is 10.4 Å². The van der Waals surface area contributed by atoms with Crippen molar-refractivity contribution in [3.63, 3.8) is 0 Å². The first kappa shape index (κ1) is 22.4. The van der Waals surface area contributed by atoms with Crippen molar-refractivity contribution in [2.75, 3.05) is 11.4 Å². The molecule has 0 unspecified atom stereocenters. The van der Waals surface area contributed by atoms with Gasteiger partial charge in [-0.05, 0) is 61.2 Å². The van der Waals surface area contributed by atoms with Crippen LogP contribution in [0.2, 0.25) is 0 Å². The van der Waals surface area contributed by atoms with Gasteiger partial charge in [0.1, 0.15) is 5.82 Å². The first-order valence-corrected chi connectivity index (χ1v) is 12.3.